The third kappa shape index (κ3) is 2.74. The van der Waals surface area contributed by atoms with Crippen LogP contribution in [0, 0.1) is 0 Å². The molecule has 1 aromatic carbocycles. The molecular formula is C17H22N4O2. The summed E-state index contributed by atoms with van der Waals surface area (Å²) < 4.78 is 5.04. The van der Waals surface area contributed by atoms with E-state index in [4.69, 9.17) is 10.5 Å². The van der Waals surface area contributed by atoms with Crippen molar-refractivity contribution in [3.63, 3.8) is 0 Å². The summed E-state index contributed by atoms with van der Waals surface area (Å²) in [6.45, 7) is 0.462. The number of likely N-dealkylation sites (N-methyl/N-ethyl adjacent to an activating group) is 1. The number of carbonyl (C=O) groups is 1. The van der Waals surface area contributed by atoms with Crippen LogP contribution in [0.25, 0.3) is 10.9 Å². The first-order valence-electron chi connectivity index (χ1n) is 7.87. The van der Waals surface area contributed by atoms with Crippen LogP contribution in [0.1, 0.15) is 31.5 Å². The van der Waals surface area contributed by atoms with Crippen molar-refractivity contribution in [3.8, 4) is 0 Å². The van der Waals surface area contributed by atoms with E-state index in [2.05, 4.69) is 9.97 Å². The highest BCUT2D eigenvalue weighted by Crippen LogP contribution is 2.36. The smallest absolute Gasteiger partial charge is 0.326 e. The van der Waals surface area contributed by atoms with E-state index >= 15 is 0 Å². The lowest BCUT2D eigenvalue weighted by molar-refractivity contribution is -0.154. The SMILES string of the molecule is COC(=O)C1(N(C)Cc2nc(N)c3ccccc3n2)CCCC1. The van der Waals surface area contributed by atoms with Crippen molar-refractivity contribution >= 4 is 22.7 Å². The number of esters is 1. The van der Waals surface area contributed by atoms with E-state index in [1.54, 1.807) is 0 Å². The lowest BCUT2D eigenvalue weighted by atomic mass is 9.95. The van der Waals surface area contributed by atoms with Gasteiger partial charge < -0.3 is 10.5 Å². The van der Waals surface area contributed by atoms with Gasteiger partial charge in [0, 0.05) is 5.39 Å². The molecule has 2 aromatic rings. The predicted octanol–water partition coefficient (Wildman–Crippen LogP) is 2.13. The van der Waals surface area contributed by atoms with Gasteiger partial charge in [-0.15, -0.1) is 0 Å². The summed E-state index contributed by atoms with van der Waals surface area (Å²) in [6.07, 6.45) is 3.67. The highest BCUT2D eigenvalue weighted by atomic mass is 16.5. The number of hydrogen-bond donors (Lipinski definition) is 1. The maximum absolute atomic E-state index is 12.3. The minimum atomic E-state index is -0.571. The minimum absolute atomic E-state index is 0.175. The van der Waals surface area contributed by atoms with Crippen LogP contribution in [-0.4, -0.2) is 40.5 Å². The Morgan fingerprint density at radius 1 is 1.30 bits per heavy atom. The van der Waals surface area contributed by atoms with Crippen LogP contribution >= 0.6 is 0 Å². The highest BCUT2D eigenvalue weighted by molar-refractivity contribution is 5.87. The van der Waals surface area contributed by atoms with Crippen LogP contribution in [0.5, 0.6) is 0 Å². The second-order valence-corrected chi connectivity index (χ2v) is 6.13. The molecule has 0 bridgehead atoms. The Balaban J connectivity index is 1.90. The molecule has 0 saturated heterocycles. The number of benzene rings is 1. The van der Waals surface area contributed by atoms with Gasteiger partial charge in [0.1, 0.15) is 17.2 Å². The Labute approximate surface area is 135 Å². The highest BCUT2D eigenvalue weighted by Gasteiger charge is 2.45. The number of nitrogens with zero attached hydrogens (tertiary/aromatic N) is 3. The van der Waals surface area contributed by atoms with E-state index in [-0.39, 0.29) is 5.97 Å². The molecule has 1 aromatic heterocycles. The van der Waals surface area contributed by atoms with Gasteiger partial charge in [-0.1, -0.05) is 25.0 Å². The van der Waals surface area contributed by atoms with Gasteiger partial charge in [-0.3, -0.25) is 9.69 Å². The lowest BCUT2D eigenvalue weighted by Gasteiger charge is -2.35. The van der Waals surface area contributed by atoms with Crippen LogP contribution in [0.4, 0.5) is 5.82 Å². The van der Waals surface area contributed by atoms with Gasteiger partial charge in [0.15, 0.2) is 0 Å². The van der Waals surface area contributed by atoms with Gasteiger partial charge in [0.25, 0.3) is 0 Å². The third-order valence-electron chi connectivity index (χ3n) is 4.78. The zero-order chi connectivity index (χ0) is 16.4. The fraction of sp³-hybridized carbons (Fsp3) is 0.471. The molecule has 3 rings (SSSR count). The maximum atomic E-state index is 12.3. The van der Waals surface area contributed by atoms with E-state index in [1.807, 2.05) is 36.2 Å². The zero-order valence-electron chi connectivity index (χ0n) is 13.6. The number of aromatic nitrogens is 2. The van der Waals surface area contributed by atoms with Crippen LogP contribution in [0.2, 0.25) is 0 Å². The molecule has 1 fully saturated rings. The molecule has 2 N–H and O–H groups in total. The number of anilines is 1. The number of ether oxygens (including phenoxy) is 1. The molecule has 23 heavy (non-hydrogen) atoms. The number of para-hydroxylation sites is 1. The monoisotopic (exact) mass is 314 g/mol. The van der Waals surface area contributed by atoms with Gasteiger partial charge in [-0.05, 0) is 32.0 Å². The summed E-state index contributed by atoms with van der Waals surface area (Å²) >= 11 is 0. The van der Waals surface area contributed by atoms with E-state index in [0.29, 0.717) is 18.2 Å². The zero-order valence-corrected chi connectivity index (χ0v) is 13.6. The Kier molecular flexibility index (Phi) is 4.17. The van der Waals surface area contributed by atoms with E-state index in [9.17, 15) is 4.79 Å². The Morgan fingerprint density at radius 3 is 2.70 bits per heavy atom. The van der Waals surface area contributed by atoms with Gasteiger partial charge >= 0.3 is 5.97 Å². The molecule has 0 amide bonds. The van der Waals surface area contributed by atoms with Crippen molar-refractivity contribution in [2.45, 2.75) is 37.8 Å². The summed E-state index contributed by atoms with van der Waals surface area (Å²) in [5, 5.41) is 0.849. The number of nitrogen functional groups attached to an aromatic ring is 1. The molecule has 1 saturated carbocycles. The standard InChI is InChI=1S/C17H22N4O2/c1-21(17(16(22)23-2)9-5-6-10-17)11-14-19-13-8-4-3-7-12(13)15(18)20-14/h3-4,7-8H,5-6,9-11H2,1-2H3,(H2,18,19,20). The lowest BCUT2D eigenvalue weighted by Crippen LogP contribution is -2.51. The molecule has 0 unspecified atom stereocenters. The fourth-order valence-corrected chi connectivity index (χ4v) is 3.48. The number of rotatable bonds is 4. The number of carbonyl (C=O) groups excluding carboxylic acids is 1. The summed E-state index contributed by atoms with van der Waals surface area (Å²) in [5.41, 5.74) is 6.29. The molecule has 0 radical (unpaired) electrons. The summed E-state index contributed by atoms with van der Waals surface area (Å²) in [5.74, 6) is 0.919. The first kappa shape index (κ1) is 15.7. The van der Waals surface area contributed by atoms with E-state index in [0.717, 1.165) is 36.6 Å². The third-order valence-corrected chi connectivity index (χ3v) is 4.78. The number of fused-ring (bicyclic) bond motifs is 1. The molecule has 6 nitrogen and oxygen atoms in total. The first-order chi connectivity index (χ1) is 11.1. The molecule has 0 spiro atoms. The quantitative estimate of drug-likeness (QED) is 0.871. The Hall–Kier alpha value is -2.21. The normalized spacial score (nSPS) is 16.8. The average molecular weight is 314 g/mol. The minimum Gasteiger partial charge on any atom is -0.468 e. The van der Waals surface area contributed by atoms with E-state index in [1.165, 1.54) is 7.11 Å². The van der Waals surface area contributed by atoms with Gasteiger partial charge in [0.05, 0.1) is 19.2 Å². The maximum Gasteiger partial charge on any atom is 0.326 e. The number of hydrogen-bond acceptors (Lipinski definition) is 6. The number of methoxy groups -OCH3 is 1. The molecule has 1 aliphatic rings. The molecule has 1 heterocycles. The summed E-state index contributed by atoms with van der Waals surface area (Å²) in [6, 6.07) is 7.67. The fourth-order valence-electron chi connectivity index (χ4n) is 3.48. The molecule has 1 aliphatic carbocycles. The molecule has 0 atom stereocenters. The van der Waals surface area contributed by atoms with Crippen LogP contribution in [0.15, 0.2) is 24.3 Å². The van der Waals surface area contributed by atoms with Gasteiger partial charge in [-0.25, -0.2) is 9.97 Å². The first-order valence-corrected chi connectivity index (χ1v) is 7.87. The van der Waals surface area contributed by atoms with E-state index < -0.39 is 5.54 Å². The molecular weight excluding hydrogens is 292 g/mol. The Morgan fingerprint density at radius 2 is 2.00 bits per heavy atom. The second-order valence-electron chi connectivity index (χ2n) is 6.13. The molecule has 122 valence electrons. The van der Waals surface area contributed by atoms with Crippen LogP contribution in [-0.2, 0) is 16.1 Å². The summed E-state index contributed by atoms with van der Waals surface area (Å²) in [7, 11) is 3.37. The second kappa shape index (κ2) is 6.12. The van der Waals surface area contributed by atoms with Crippen molar-refractivity contribution in [3.05, 3.63) is 30.1 Å². The van der Waals surface area contributed by atoms with Gasteiger partial charge in [0.2, 0.25) is 0 Å². The van der Waals surface area contributed by atoms with Crippen molar-refractivity contribution < 1.29 is 9.53 Å². The molecule has 0 aliphatic heterocycles. The van der Waals surface area contributed by atoms with Crippen LogP contribution in [0.3, 0.4) is 0 Å². The van der Waals surface area contributed by atoms with Gasteiger partial charge in [-0.2, -0.15) is 0 Å². The van der Waals surface area contributed by atoms with Crippen molar-refractivity contribution in [2.75, 3.05) is 19.9 Å². The summed E-state index contributed by atoms with van der Waals surface area (Å²) in [4.78, 5) is 23.3. The predicted molar refractivity (Wildman–Crippen MR) is 88.6 cm³/mol. The molecule has 6 heteroatoms. The van der Waals surface area contributed by atoms with Crippen LogP contribution < -0.4 is 5.73 Å². The average Bonchev–Trinajstić information content (AvgIpc) is 3.05. The van der Waals surface area contributed by atoms with Crippen molar-refractivity contribution in [1.82, 2.24) is 14.9 Å². The topological polar surface area (TPSA) is 81.3 Å². The van der Waals surface area contributed by atoms with Crippen molar-refractivity contribution in [1.29, 1.82) is 0 Å². The Bertz CT molecular complexity index is 726. The van der Waals surface area contributed by atoms with Crippen molar-refractivity contribution in [2.24, 2.45) is 0 Å². The number of nitrogens with two attached hydrogens (primary N) is 1. The largest absolute Gasteiger partial charge is 0.468 e.